The monoisotopic (exact) mass is 318 g/mol. The standard InChI is InChI=1S/C24H30/c1-5-13-21(14-6-1)23(17-9-3-10-18-23)24(19-11-4-12-20-24)22-15-7-2-8-16-22/h1-2,5-8,13-16H,3-4,9-12,17-20H2. The number of rotatable bonds is 3. The fraction of sp³-hybridized carbons (Fsp3) is 0.500. The molecule has 2 fully saturated rings. The maximum absolute atomic E-state index is 2.42. The Balaban J connectivity index is 1.90. The summed E-state index contributed by atoms with van der Waals surface area (Å²) in [6.07, 6.45) is 13.9. The molecule has 0 unspecified atom stereocenters. The van der Waals surface area contributed by atoms with Crippen molar-refractivity contribution >= 4 is 0 Å². The Morgan fingerprint density at radius 2 is 0.750 bits per heavy atom. The first-order valence-electron chi connectivity index (χ1n) is 9.99. The molecule has 0 bridgehead atoms. The summed E-state index contributed by atoms with van der Waals surface area (Å²) >= 11 is 0. The minimum Gasteiger partial charge on any atom is -0.0622 e. The van der Waals surface area contributed by atoms with Crippen molar-refractivity contribution in [3.63, 3.8) is 0 Å². The molecule has 2 aromatic rings. The second-order valence-electron chi connectivity index (χ2n) is 8.02. The molecule has 0 nitrogen and oxygen atoms in total. The fourth-order valence-corrected chi connectivity index (χ4v) is 5.91. The summed E-state index contributed by atoms with van der Waals surface area (Å²) in [5.41, 5.74) is 3.90. The number of benzene rings is 2. The third-order valence-electron chi connectivity index (χ3n) is 6.98. The van der Waals surface area contributed by atoms with E-state index in [0.29, 0.717) is 10.8 Å². The van der Waals surface area contributed by atoms with Gasteiger partial charge in [-0.2, -0.15) is 0 Å². The SMILES string of the molecule is c1ccc(C2(C3(c4ccccc4)CCCCC3)CCCCC2)cc1. The first-order valence-corrected chi connectivity index (χ1v) is 9.99. The molecule has 0 aromatic heterocycles. The Bertz CT molecular complexity index is 569. The van der Waals surface area contributed by atoms with Gasteiger partial charge in [-0.25, -0.2) is 0 Å². The molecule has 126 valence electrons. The van der Waals surface area contributed by atoms with Gasteiger partial charge < -0.3 is 0 Å². The van der Waals surface area contributed by atoms with Crippen LogP contribution in [0.2, 0.25) is 0 Å². The van der Waals surface area contributed by atoms with Gasteiger partial charge >= 0.3 is 0 Å². The molecule has 0 aliphatic heterocycles. The van der Waals surface area contributed by atoms with Gasteiger partial charge in [0.2, 0.25) is 0 Å². The predicted octanol–water partition coefficient (Wildman–Crippen LogP) is 6.79. The van der Waals surface area contributed by atoms with Crippen LogP contribution in [-0.2, 0) is 10.8 Å². The van der Waals surface area contributed by atoms with Gasteiger partial charge in [0, 0.05) is 10.8 Å². The average molecular weight is 319 g/mol. The van der Waals surface area contributed by atoms with E-state index in [1.165, 1.54) is 64.2 Å². The highest BCUT2D eigenvalue weighted by Crippen LogP contribution is 2.58. The highest BCUT2D eigenvalue weighted by molar-refractivity contribution is 5.40. The van der Waals surface area contributed by atoms with Crippen LogP contribution in [-0.4, -0.2) is 0 Å². The lowest BCUT2D eigenvalue weighted by Gasteiger charge is -2.56. The normalized spacial score (nSPS) is 22.8. The van der Waals surface area contributed by atoms with E-state index in [-0.39, 0.29) is 0 Å². The third kappa shape index (κ3) is 2.51. The molecule has 2 aliphatic carbocycles. The second kappa shape index (κ2) is 6.75. The van der Waals surface area contributed by atoms with Crippen molar-refractivity contribution in [3.8, 4) is 0 Å². The molecule has 2 aliphatic rings. The molecule has 0 amide bonds. The summed E-state index contributed by atoms with van der Waals surface area (Å²) in [6, 6.07) is 23.1. The lowest BCUT2D eigenvalue weighted by Crippen LogP contribution is -2.51. The first kappa shape index (κ1) is 15.9. The largest absolute Gasteiger partial charge is 0.0622 e. The van der Waals surface area contributed by atoms with Crippen molar-refractivity contribution in [2.75, 3.05) is 0 Å². The van der Waals surface area contributed by atoms with Crippen molar-refractivity contribution in [1.82, 2.24) is 0 Å². The fourth-order valence-electron chi connectivity index (χ4n) is 5.91. The lowest BCUT2D eigenvalue weighted by atomic mass is 9.48. The van der Waals surface area contributed by atoms with E-state index in [1.54, 1.807) is 11.1 Å². The summed E-state index contributed by atoms with van der Waals surface area (Å²) in [5, 5.41) is 0. The topological polar surface area (TPSA) is 0 Å². The van der Waals surface area contributed by atoms with Crippen LogP contribution in [0.1, 0.15) is 75.3 Å². The van der Waals surface area contributed by atoms with Gasteiger partial charge in [-0.1, -0.05) is 99.2 Å². The average Bonchev–Trinajstić information content (AvgIpc) is 2.70. The molecule has 0 N–H and O–H groups in total. The molecule has 24 heavy (non-hydrogen) atoms. The van der Waals surface area contributed by atoms with Crippen molar-refractivity contribution in [3.05, 3.63) is 71.8 Å². The highest BCUT2D eigenvalue weighted by Gasteiger charge is 2.53. The van der Waals surface area contributed by atoms with E-state index in [9.17, 15) is 0 Å². The van der Waals surface area contributed by atoms with Gasteiger partial charge in [0.25, 0.3) is 0 Å². The van der Waals surface area contributed by atoms with E-state index in [4.69, 9.17) is 0 Å². The molecule has 0 heterocycles. The molecule has 2 saturated carbocycles. The van der Waals surface area contributed by atoms with Crippen LogP contribution >= 0.6 is 0 Å². The zero-order chi connectivity index (χ0) is 16.3. The van der Waals surface area contributed by atoms with Crippen LogP contribution < -0.4 is 0 Å². The van der Waals surface area contributed by atoms with Crippen LogP contribution in [0.4, 0.5) is 0 Å². The van der Waals surface area contributed by atoms with Crippen LogP contribution in [0.25, 0.3) is 0 Å². The molecule has 0 saturated heterocycles. The zero-order valence-electron chi connectivity index (χ0n) is 14.8. The maximum Gasteiger partial charge on any atom is 0.00498 e. The van der Waals surface area contributed by atoms with E-state index in [1.807, 2.05) is 0 Å². The minimum absolute atomic E-state index is 0.342. The molecule has 4 rings (SSSR count). The van der Waals surface area contributed by atoms with Gasteiger partial charge in [-0.15, -0.1) is 0 Å². The van der Waals surface area contributed by atoms with E-state index in [0.717, 1.165) is 0 Å². The Morgan fingerprint density at radius 3 is 1.08 bits per heavy atom. The molecular weight excluding hydrogens is 288 g/mol. The molecule has 0 atom stereocenters. The first-order chi connectivity index (χ1) is 11.9. The van der Waals surface area contributed by atoms with E-state index in [2.05, 4.69) is 60.7 Å². The summed E-state index contributed by atoms with van der Waals surface area (Å²) < 4.78 is 0. The van der Waals surface area contributed by atoms with Gasteiger partial charge in [0.15, 0.2) is 0 Å². The van der Waals surface area contributed by atoms with Crippen LogP contribution in [0.15, 0.2) is 60.7 Å². The summed E-state index contributed by atoms with van der Waals surface area (Å²) in [4.78, 5) is 0. The molecule has 0 spiro atoms. The van der Waals surface area contributed by atoms with E-state index < -0.39 is 0 Å². The van der Waals surface area contributed by atoms with E-state index >= 15 is 0 Å². The molecule has 0 heteroatoms. The van der Waals surface area contributed by atoms with Crippen LogP contribution in [0, 0.1) is 0 Å². The molecule has 2 aromatic carbocycles. The summed E-state index contributed by atoms with van der Waals surface area (Å²) in [6.45, 7) is 0. The zero-order valence-corrected chi connectivity index (χ0v) is 14.8. The maximum atomic E-state index is 2.42. The van der Waals surface area contributed by atoms with Crippen molar-refractivity contribution in [1.29, 1.82) is 0 Å². The van der Waals surface area contributed by atoms with Gasteiger partial charge in [0.05, 0.1) is 0 Å². The summed E-state index contributed by atoms with van der Waals surface area (Å²) in [5.74, 6) is 0. The van der Waals surface area contributed by atoms with Crippen molar-refractivity contribution in [2.45, 2.75) is 75.0 Å². The van der Waals surface area contributed by atoms with Crippen LogP contribution in [0.5, 0.6) is 0 Å². The van der Waals surface area contributed by atoms with Gasteiger partial charge in [0.1, 0.15) is 0 Å². The van der Waals surface area contributed by atoms with Crippen molar-refractivity contribution < 1.29 is 0 Å². The van der Waals surface area contributed by atoms with Gasteiger partial charge in [-0.3, -0.25) is 0 Å². The Hall–Kier alpha value is -1.56. The third-order valence-corrected chi connectivity index (χ3v) is 6.98. The molecular formula is C24H30. The minimum atomic E-state index is 0.342. The number of hydrogen-bond acceptors (Lipinski definition) is 0. The highest BCUT2D eigenvalue weighted by atomic mass is 14.6. The Morgan fingerprint density at radius 1 is 0.417 bits per heavy atom. The Kier molecular flexibility index (Phi) is 4.48. The smallest absolute Gasteiger partial charge is 0.00498 e. The molecule has 0 radical (unpaired) electrons. The number of hydrogen-bond donors (Lipinski definition) is 0. The quantitative estimate of drug-likeness (QED) is 0.584. The van der Waals surface area contributed by atoms with Crippen molar-refractivity contribution in [2.24, 2.45) is 0 Å². The van der Waals surface area contributed by atoms with Gasteiger partial charge in [-0.05, 0) is 36.8 Å². The van der Waals surface area contributed by atoms with Crippen LogP contribution in [0.3, 0.4) is 0 Å². The summed E-state index contributed by atoms with van der Waals surface area (Å²) in [7, 11) is 0. The Labute approximate surface area is 147 Å². The predicted molar refractivity (Wildman–Crippen MR) is 102 cm³/mol. The lowest BCUT2D eigenvalue weighted by molar-refractivity contribution is 0.105. The second-order valence-corrected chi connectivity index (χ2v) is 8.02.